The molecular formula is C48H57BN2O. The molecule has 0 amide bonds. The molecule has 1 heterocycles. The van der Waals surface area contributed by atoms with Gasteiger partial charge < -0.3 is 9.88 Å². The molecule has 0 bridgehead atoms. The van der Waals surface area contributed by atoms with E-state index in [1.807, 2.05) is 6.92 Å². The number of nitrogens with one attached hydrogen (secondary N) is 1. The van der Waals surface area contributed by atoms with Gasteiger partial charge in [0.25, 0.3) is 0 Å². The number of benzene rings is 5. The summed E-state index contributed by atoms with van der Waals surface area (Å²) >= 11 is 0. The first-order chi connectivity index (χ1) is 24.8. The van der Waals surface area contributed by atoms with Crippen LogP contribution in [0.2, 0.25) is 0 Å². The van der Waals surface area contributed by atoms with Gasteiger partial charge in [-0.15, -0.1) is 0 Å². The highest BCUT2D eigenvalue weighted by Crippen LogP contribution is 2.47. The van der Waals surface area contributed by atoms with Crippen LogP contribution in [-0.4, -0.2) is 23.1 Å². The van der Waals surface area contributed by atoms with Crippen LogP contribution in [0.5, 0.6) is 0 Å². The molecule has 5 aromatic carbocycles. The van der Waals surface area contributed by atoms with Crippen molar-refractivity contribution in [1.82, 2.24) is 4.81 Å². The summed E-state index contributed by atoms with van der Waals surface area (Å²) in [6, 6.07) is 48.9. The molecule has 0 aromatic heterocycles. The molecule has 4 heteroatoms. The van der Waals surface area contributed by atoms with Crippen LogP contribution in [0.1, 0.15) is 125 Å². The third-order valence-corrected chi connectivity index (χ3v) is 10.9. The maximum Gasteiger partial charge on any atom is 0.581 e. The zero-order valence-corrected chi connectivity index (χ0v) is 32.6. The van der Waals surface area contributed by atoms with Crippen LogP contribution in [0.15, 0.2) is 146 Å². The fourth-order valence-electron chi connectivity index (χ4n) is 8.54. The SMILES string of the molecule is C=C(C)OB(Nc1c(C(c2ccccc2)c2ccccc2)cc(C(C)(C)C)cc1C(c1ccccc1)c1ccccc1)N1C(C)(C)CCCC1(C)C. The maximum absolute atomic E-state index is 6.88. The van der Waals surface area contributed by atoms with Crippen molar-refractivity contribution in [3.05, 3.63) is 185 Å². The zero-order valence-electron chi connectivity index (χ0n) is 32.6. The highest BCUT2D eigenvalue weighted by Gasteiger charge is 2.50. The highest BCUT2D eigenvalue weighted by atomic mass is 16.5. The minimum atomic E-state index is -0.458. The fourth-order valence-corrected chi connectivity index (χ4v) is 8.54. The summed E-state index contributed by atoms with van der Waals surface area (Å²) in [5, 5.41) is 4.19. The fraction of sp³-hybridized carbons (Fsp3) is 0.333. The summed E-state index contributed by atoms with van der Waals surface area (Å²) in [5.41, 5.74) is 9.54. The molecule has 1 aliphatic heterocycles. The molecule has 6 rings (SSSR count). The van der Waals surface area contributed by atoms with Gasteiger partial charge in [0, 0.05) is 28.6 Å². The molecule has 1 saturated heterocycles. The molecule has 1 aliphatic rings. The predicted octanol–water partition coefficient (Wildman–Crippen LogP) is 12.3. The van der Waals surface area contributed by atoms with Crippen LogP contribution in [0, 0.1) is 0 Å². The summed E-state index contributed by atoms with van der Waals surface area (Å²) in [5.74, 6) is 0.617. The smallest absolute Gasteiger partial charge is 0.532 e. The number of anilines is 1. The Morgan fingerprint density at radius 1 is 0.654 bits per heavy atom. The lowest BCUT2D eigenvalue weighted by Crippen LogP contribution is -2.67. The predicted molar refractivity (Wildman–Crippen MR) is 222 cm³/mol. The van der Waals surface area contributed by atoms with Crippen molar-refractivity contribution in [1.29, 1.82) is 0 Å². The topological polar surface area (TPSA) is 24.5 Å². The quantitative estimate of drug-likeness (QED) is 0.0849. The average molecular weight is 689 g/mol. The molecule has 5 aromatic rings. The van der Waals surface area contributed by atoms with Gasteiger partial charge in [-0.1, -0.05) is 161 Å². The molecule has 0 aliphatic carbocycles. The van der Waals surface area contributed by atoms with Crippen LogP contribution >= 0.6 is 0 Å². The lowest BCUT2D eigenvalue weighted by Gasteiger charge is -2.54. The average Bonchev–Trinajstić information content (AvgIpc) is 3.10. The third kappa shape index (κ3) is 8.08. The molecule has 268 valence electrons. The van der Waals surface area contributed by atoms with Gasteiger partial charge in [-0.2, -0.15) is 0 Å². The van der Waals surface area contributed by atoms with Crippen LogP contribution < -0.4 is 5.23 Å². The molecule has 1 fully saturated rings. The van der Waals surface area contributed by atoms with E-state index in [0.717, 1.165) is 18.5 Å². The Bertz CT molecular complexity index is 1730. The van der Waals surface area contributed by atoms with Gasteiger partial charge in [0.15, 0.2) is 0 Å². The normalized spacial score (nSPS) is 15.7. The van der Waals surface area contributed by atoms with Crippen molar-refractivity contribution in [3.63, 3.8) is 0 Å². The van der Waals surface area contributed by atoms with Gasteiger partial charge >= 0.3 is 7.19 Å². The van der Waals surface area contributed by atoms with Crippen LogP contribution in [0.4, 0.5) is 5.69 Å². The molecule has 0 spiro atoms. The summed E-state index contributed by atoms with van der Waals surface area (Å²) < 4.78 is 6.88. The Kier molecular flexibility index (Phi) is 10.9. The Balaban J connectivity index is 1.73. The Morgan fingerprint density at radius 2 is 1.00 bits per heavy atom. The monoisotopic (exact) mass is 688 g/mol. The van der Waals surface area contributed by atoms with Crippen molar-refractivity contribution in [2.45, 2.75) is 103 Å². The van der Waals surface area contributed by atoms with Gasteiger partial charge in [-0.3, -0.25) is 4.81 Å². The van der Waals surface area contributed by atoms with Crippen LogP contribution in [0.3, 0.4) is 0 Å². The van der Waals surface area contributed by atoms with Crippen molar-refractivity contribution in [2.75, 3.05) is 5.23 Å². The van der Waals surface area contributed by atoms with Gasteiger partial charge in [0.1, 0.15) is 0 Å². The molecule has 1 N–H and O–H groups in total. The largest absolute Gasteiger partial charge is 0.581 e. The number of allylic oxidation sites excluding steroid dienone is 1. The van der Waals surface area contributed by atoms with E-state index in [0.29, 0.717) is 5.76 Å². The van der Waals surface area contributed by atoms with E-state index in [4.69, 9.17) is 4.65 Å². The van der Waals surface area contributed by atoms with Gasteiger partial charge in [0.2, 0.25) is 0 Å². The van der Waals surface area contributed by atoms with Crippen molar-refractivity contribution in [2.24, 2.45) is 0 Å². The molecule has 52 heavy (non-hydrogen) atoms. The van der Waals surface area contributed by atoms with E-state index < -0.39 is 7.19 Å². The van der Waals surface area contributed by atoms with Crippen molar-refractivity contribution >= 4 is 12.9 Å². The van der Waals surface area contributed by atoms with Crippen molar-refractivity contribution in [3.8, 4) is 0 Å². The molecule has 0 atom stereocenters. The summed E-state index contributed by atoms with van der Waals surface area (Å²) in [7, 11) is -0.458. The standard InChI is InChI=1S/C48H57BN2O/c1-35(2)52-49(51-47(6,7)31-22-32-48(51,8)9)50-45-41(43(36-23-14-10-15-24-36)37-25-16-11-17-26-37)33-40(46(3,4)5)34-42(45)44(38-27-18-12-19-28-38)39-29-20-13-21-30-39/h10-21,23-30,33-34,43-44,50H,1,22,31-32H2,2-9H3. The van der Waals surface area contributed by atoms with E-state index in [1.165, 1.54) is 45.4 Å². The first-order valence-electron chi connectivity index (χ1n) is 19.0. The number of hydrogen-bond donors (Lipinski definition) is 1. The van der Waals surface area contributed by atoms with E-state index in [1.54, 1.807) is 0 Å². The van der Waals surface area contributed by atoms with Crippen LogP contribution in [0.25, 0.3) is 0 Å². The number of rotatable bonds is 11. The Morgan fingerprint density at radius 3 is 1.31 bits per heavy atom. The highest BCUT2D eigenvalue weighted by molar-refractivity contribution is 6.53. The summed E-state index contributed by atoms with van der Waals surface area (Å²) in [6.45, 7) is 22.7. The molecule has 0 saturated carbocycles. The molecule has 3 nitrogen and oxygen atoms in total. The van der Waals surface area contributed by atoms with Crippen molar-refractivity contribution < 1.29 is 4.65 Å². The number of hydrogen-bond acceptors (Lipinski definition) is 3. The van der Waals surface area contributed by atoms with Crippen LogP contribution in [-0.2, 0) is 10.1 Å². The Hall–Kier alpha value is -4.54. The van der Waals surface area contributed by atoms with E-state index >= 15 is 0 Å². The lowest BCUT2D eigenvalue weighted by atomic mass is 9.70. The van der Waals surface area contributed by atoms with Gasteiger partial charge in [-0.05, 0) is 98.2 Å². The first kappa shape index (κ1) is 37.2. The first-order valence-corrected chi connectivity index (χ1v) is 19.0. The van der Waals surface area contributed by atoms with E-state index in [-0.39, 0.29) is 28.3 Å². The molecule has 0 radical (unpaired) electrons. The number of nitrogens with zero attached hydrogens (tertiary/aromatic N) is 1. The minimum Gasteiger partial charge on any atom is -0.532 e. The summed E-state index contributed by atoms with van der Waals surface area (Å²) in [4.78, 5) is 2.57. The zero-order chi connectivity index (χ0) is 37.1. The van der Waals surface area contributed by atoms with E-state index in [9.17, 15) is 0 Å². The second kappa shape index (κ2) is 15.2. The van der Waals surface area contributed by atoms with E-state index in [2.05, 4.69) is 199 Å². The summed E-state index contributed by atoms with van der Waals surface area (Å²) in [6.07, 6.45) is 3.36. The minimum absolute atomic E-state index is 0.0361. The maximum atomic E-state index is 6.88. The second-order valence-corrected chi connectivity index (χ2v) is 17.0. The third-order valence-electron chi connectivity index (χ3n) is 10.9. The second-order valence-electron chi connectivity index (χ2n) is 17.0. The number of piperidine rings is 1. The van der Waals surface area contributed by atoms with Gasteiger partial charge in [0.05, 0.1) is 5.76 Å². The molecule has 0 unspecified atom stereocenters. The Labute approximate surface area is 314 Å². The molecular weight excluding hydrogens is 631 g/mol. The van der Waals surface area contributed by atoms with Gasteiger partial charge in [-0.25, -0.2) is 0 Å². The lowest BCUT2D eigenvalue weighted by molar-refractivity contribution is 0.0341.